The van der Waals surface area contributed by atoms with Crippen LogP contribution in [0, 0.1) is 13.8 Å². The Morgan fingerprint density at radius 2 is 2.14 bits per heavy atom. The summed E-state index contributed by atoms with van der Waals surface area (Å²) in [6, 6.07) is 7.14. The zero-order chi connectivity index (χ0) is 15.7. The Hall–Kier alpha value is -2.86. The number of nitrogens with one attached hydrogen (secondary N) is 2. The van der Waals surface area contributed by atoms with Crippen LogP contribution in [0.4, 0.5) is 5.69 Å². The summed E-state index contributed by atoms with van der Waals surface area (Å²) >= 11 is 0. The Kier molecular flexibility index (Phi) is 3.52. The van der Waals surface area contributed by atoms with Gasteiger partial charge in [-0.1, -0.05) is 0 Å². The fraction of sp³-hybridized carbons (Fsp3) is 0.125. The molecule has 1 aliphatic rings. The highest BCUT2D eigenvalue weighted by Crippen LogP contribution is 2.27. The van der Waals surface area contributed by atoms with Crippen molar-refractivity contribution in [2.75, 3.05) is 5.01 Å². The van der Waals surface area contributed by atoms with E-state index in [1.54, 1.807) is 29.5 Å². The average molecular weight is 296 g/mol. The SMILES string of the molecule is Cc1cc(C(=O)O)cc(N2C=C(c3cccnc3)NN2)c1C. The van der Waals surface area contributed by atoms with Gasteiger partial charge in [0.25, 0.3) is 0 Å². The lowest BCUT2D eigenvalue weighted by Gasteiger charge is -2.19. The van der Waals surface area contributed by atoms with Gasteiger partial charge in [-0.05, 0) is 49.2 Å². The first-order valence-corrected chi connectivity index (χ1v) is 6.84. The van der Waals surface area contributed by atoms with Crippen molar-refractivity contribution in [1.82, 2.24) is 15.9 Å². The lowest BCUT2D eigenvalue weighted by Crippen LogP contribution is -2.36. The Morgan fingerprint density at radius 1 is 1.32 bits per heavy atom. The van der Waals surface area contributed by atoms with Gasteiger partial charge in [0.1, 0.15) is 0 Å². The minimum Gasteiger partial charge on any atom is -0.478 e. The average Bonchev–Trinajstić information content (AvgIpc) is 3.00. The molecule has 0 spiro atoms. The Balaban J connectivity index is 1.99. The van der Waals surface area contributed by atoms with Crippen molar-refractivity contribution in [3.63, 3.8) is 0 Å². The number of anilines is 1. The van der Waals surface area contributed by atoms with E-state index in [1.165, 1.54) is 0 Å². The molecule has 3 rings (SSSR count). The third kappa shape index (κ3) is 2.51. The van der Waals surface area contributed by atoms with Crippen molar-refractivity contribution in [3.8, 4) is 0 Å². The van der Waals surface area contributed by atoms with Gasteiger partial charge in [0.2, 0.25) is 0 Å². The third-order valence-corrected chi connectivity index (χ3v) is 3.69. The van der Waals surface area contributed by atoms with Crippen molar-refractivity contribution in [3.05, 3.63) is 65.1 Å². The molecule has 0 aliphatic carbocycles. The van der Waals surface area contributed by atoms with Gasteiger partial charge in [0.05, 0.1) is 16.9 Å². The predicted octanol–water partition coefficient (Wildman–Crippen LogP) is 2.22. The summed E-state index contributed by atoms with van der Waals surface area (Å²) in [5, 5.41) is 11.0. The van der Waals surface area contributed by atoms with E-state index in [4.69, 9.17) is 0 Å². The number of aryl methyl sites for hydroxylation is 1. The summed E-state index contributed by atoms with van der Waals surface area (Å²) < 4.78 is 0. The standard InChI is InChI=1S/C16H16N4O2/c1-10-6-13(16(21)22)7-15(11(10)2)20-9-14(18-19-20)12-4-3-5-17-8-12/h3-9,18-19H,1-2H3,(H,21,22). The van der Waals surface area contributed by atoms with E-state index >= 15 is 0 Å². The third-order valence-electron chi connectivity index (χ3n) is 3.69. The van der Waals surface area contributed by atoms with Gasteiger partial charge in [-0.25, -0.2) is 4.79 Å². The quantitative estimate of drug-likeness (QED) is 0.806. The number of pyridine rings is 1. The molecule has 3 N–H and O–H groups in total. The highest BCUT2D eigenvalue weighted by molar-refractivity contribution is 5.90. The van der Waals surface area contributed by atoms with Gasteiger partial charge in [-0.15, -0.1) is 5.53 Å². The van der Waals surface area contributed by atoms with Crippen LogP contribution in [-0.2, 0) is 0 Å². The molecule has 0 bridgehead atoms. The lowest BCUT2D eigenvalue weighted by atomic mass is 10.0. The number of carbonyl (C=O) groups is 1. The second kappa shape index (κ2) is 5.50. The van der Waals surface area contributed by atoms with E-state index in [-0.39, 0.29) is 5.56 Å². The van der Waals surface area contributed by atoms with Crippen molar-refractivity contribution < 1.29 is 9.90 Å². The van der Waals surface area contributed by atoms with Crippen molar-refractivity contribution >= 4 is 17.4 Å². The minimum atomic E-state index is -0.937. The molecule has 1 aromatic heterocycles. The second-order valence-electron chi connectivity index (χ2n) is 5.13. The van der Waals surface area contributed by atoms with Gasteiger partial charge in [-0.2, -0.15) is 0 Å². The fourth-order valence-corrected chi connectivity index (χ4v) is 2.33. The van der Waals surface area contributed by atoms with Crippen molar-refractivity contribution in [1.29, 1.82) is 0 Å². The predicted molar refractivity (Wildman–Crippen MR) is 83.8 cm³/mol. The van der Waals surface area contributed by atoms with Gasteiger partial charge < -0.3 is 10.5 Å². The number of carboxylic acid groups (broad SMARTS) is 1. The van der Waals surface area contributed by atoms with Gasteiger partial charge in [0, 0.05) is 24.2 Å². The molecular formula is C16H16N4O2. The van der Waals surface area contributed by atoms with Crippen LogP contribution in [-0.4, -0.2) is 16.1 Å². The van der Waals surface area contributed by atoms with E-state index in [1.807, 2.05) is 32.2 Å². The molecule has 0 amide bonds. The maximum absolute atomic E-state index is 11.2. The molecule has 0 atom stereocenters. The van der Waals surface area contributed by atoms with Gasteiger partial charge in [0.15, 0.2) is 0 Å². The molecule has 2 aromatic rings. The van der Waals surface area contributed by atoms with Gasteiger partial charge >= 0.3 is 5.97 Å². The number of rotatable bonds is 3. The topological polar surface area (TPSA) is 77.5 Å². The number of aromatic nitrogens is 1. The molecule has 0 radical (unpaired) electrons. The van der Waals surface area contributed by atoms with Crippen LogP contribution in [0.25, 0.3) is 5.70 Å². The summed E-state index contributed by atoms with van der Waals surface area (Å²) in [7, 11) is 0. The number of hydrogen-bond donors (Lipinski definition) is 3. The van der Waals surface area contributed by atoms with E-state index in [0.717, 1.165) is 28.1 Å². The van der Waals surface area contributed by atoms with E-state index < -0.39 is 5.97 Å². The molecule has 6 heteroatoms. The molecular weight excluding hydrogens is 280 g/mol. The zero-order valence-corrected chi connectivity index (χ0v) is 12.3. The molecule has 0 saturated heterocycles. The molecule has 6 nitrogen and oxygen atoms in total. The van der Waals surface area contributed by atoms with E-state index in [0.29, 0.717) is 0 Å². The lowest BCUT2D eigenvalue weighted by molar-refractivity contribution is 0.0697. The number of hydrogen-bond acceptors (Lipinski definition) is 5. The van der Waals surface area contributed by atoms with Crippen LogP contribution < -0.4 is 16.0 Å². The van der Waals surface area contributed by atoms with Crippen LogP contribution in [0.15, 0.2) is 42.9 Å². The van der Waals surface area contributed by atoms with Crippen LogP contribution in [0.3, 0.4) is 0 Å². The second-order valence-corrected chi connectivity index (χ2v) is 5.13. The van der Waals surface area contributed by atoms with Crippen molar-refractivity contribution in [2.24, 2.45) is 0 Å². The molecule has 1 aliphatic heterocycles. The van der Waals surface area contributed by atoms with E-state index in [2.05, 4.69) is 15.9 Å². The highest BCUT2D eigenvalue weighted by Gasteiger charge is 2.18. The van der Waals surface area contributed by atoms with Crippen LogP contribution >= 0.6 is 0 Å². The largest absolute Gasteiger partial charge is 0.478 e. The first-order valence-electron chi connectivity index (χ1n) is 6.84. The number of nitrogens with zero attached hydrogens (tertiary/aromatic N) is 2. The number of benzene rings is 1. The fourth-order valence-electron chi connectivity index (χ4n) is 2.33. The molecule has 22 heavy (non-hydrogen) atoms. The number of hydrazine groups is 2. The molecule has 0 unspecified atom stereocenters. The summed E-state index contributed by atoms with van der Waals surface area (Å²) in [6.45, 7) is 3.87. The first kappa shape index (κ1) is 14.1. The monoisotopic (exact) mass is 296 g/mol. The summed E-state index contributed by atoms with van der Waals surface area (Å²) in [6.07, 6.45) is 5.36. The number of carboxylic acids is 1. The molecule has 112 valence electrons. The molecule has 0 fully saturated rings. The summed E-state index contributed by atoms with van der Waals surface area (Å²) in [5.74, 6) is -0.937. The Bertz CT molecular complexity index is 756. The normalized spacial score (nSPS) is 13.7. The van der Waals surface area contributed by atoms with Crippen molar-refractivity contribution in [2.45, 2.75) is 13.8 Å². The maximum Gasteiger partial charge on any atom is 0.335 e. The zero-order valence-electron chi connectivity index (χ0n) is 12.3. The number of aromatic carboxylic acids is 1. The Labute approximate surface area is 128 Å². The molecule has 2 heterocycles. The molecule has 1 aromatic carbocycles. The summed E-state index contributed by atoms with van der Waals surface area (Å²) in [5.41, 5.74) is 10.9. The molecule has 0 saturated carbocycles. The van der Waals surface area contributed by atoms with Crippen LogP contribution in [0.2, 0.25) is 0 Å². The maximum atomic E-state index is 11.2. The highest BCUT2D eigenvalue weighted by atomic mass is 16.4. The first-order chi connectivity index (χ1) is 10.6. The van der Waals surface area contributed by atoms with Crippen LogP contribution in [0.5, 0.6) is 0 Å². The van der Waals surface area contributed by atoms with E-state index in [9.17, 15) is 9.90 Å². The Morgan fingerprint density at radius 3 is 2.82 bits per heavy atom. The van der Waals surface area contributed by atoms with Crippen LogP contribution in [0.1, 0.15) is 27.0 Å². The smallest absolute Gasteiger partial charge is 0.335 e. The minimum absolute atomic E-state index is 0.267. The van der Waals surface area contributed by atoms with Gasteiger partial charge in [-0.3, -0.25) is 9.99 Å². The summed E-state index contributed by atoms with van der Waals surface area (Å²) in [4.78, 5) is 15.3.